The summed E-state index contributed by atoms with van der Waals surface area (Å²) in [4.78, 5) is 2.32. The monoisotopic (exact) mass is 261 g/mol. The Hall–Kier alpha value is -1.13. The van der Waals surface area contributed by atoms with E-state index in [4.69, 9.17) is 0 Å². The van der Waals surface area contributed by atoms with Crippen LogP contribution in [0.1, 0.15) is 12.8 Å². The fourth-order valence-corrected chi connectivity index (χ4v) is 3.52. The summed E-state index contributed by atoms with van der Waals surface area (Å²) >= 11 is 1.60. The summed E-state index contributed by atoms with van der Waals surface area (Å²) in [6.07, 6.45) is 2.63. The SMILES string of the molecule is CN(C[C@@H]1CCCNC1)c1nsc2ccccc12. The lowest BCUT2D eigenvalue weighted by Gasteiger charge is -2.27. The summed E-state index contributed by atoms with van der Waals surface area (Å²) in [6.45, 7) is 3.42. The Balaban J connectivity index is 1.76. The van der Waals surface area contributed by atoms with E-state index in [9.17, 15) is 0 Å². The van der Waals surface area contributed by atoms with Crippen LogP contribution in [0, 0.1) is 5.92 Å². The maximum Gasteiger partial charge on any atom is 0.149 e. The smallest absolute Gasteiger partial charge is 0.149 e. The molecule has 1 atom stereocenters. The molecule has 0 radical (unpaired) electrons. The van der Waals surface area contributed by atoms with Crippen molar-refractivity contribution in [2.24, 2.45) is 5.92 Å². The Kier molecular flexibility index (Phi) is 3.48. The van der Waals surface area contributed by atoms with E-state index < -0.39 is 0 Å². The summed E-state index contributed by atoms with van der Waals surface area (Å²) in [5.74, 6) is 1.89. The number of anilines is 1. The van der Waals surface area contributed by atoms with Gasteiger partial charge in [0.2, 0.25) is 0 Å². The zero-order valence-electron chi connectivity index (χ0n) is 10.7. The van der Waals surface area contributed by atoms with Crippen LogP contribution in [0.15, 0.2) is 24.3 Å². The minimum Gasteiger partial charge on any atom is -0.358 e. The van der Waals surface area contributed by atoms with Gasteiger partial charge in [-0.05, 0) is 55.5 Å². The molecule has 18 heavy (non-hydrogen) atoms. The lowest BCUT2D eigenvalue weighted by Crippen LogP contribution is -2.37. The first-order chi connectivity index (χ1) is 8.84. The van der Waals surface area contributed by atoms with Gasteiger partial charge in [-0.15, -0.1) is 0 Å². The highest BCUT2D eigenvalue weighted by atomic mass is 32.1. The number of nitrogens with one attached hydrogen (secondary N) is 1. The second kappa shape index (κ2) is 5.24. The molecule has 0 unspecified atom stereocenters. The molecular formula is C14H19N3S. The van der Waals surface area contributed by atoms with E-state index >= 15 is 0 Å². The molecule has 1 fully saturated rings. The van der Waals surface area contributed by atoms with E-state index in [0.29, 0.717) is 0 Å². The van der Waals surface area contributed by atoms with E-state index in [1.54, 1.807) is 11.5 Å². The molecule has 1 aromatic heterocycles. The molecule has 1 aliphatic heterocycles. The summed E-state index contributed by atoms with van der Waals surface area (Å²) in [5, 5.41) is 4.76. The van der Waals surface area contributed by atoms with E-state index in [1.807, 2.05) is 0 Å². The molecule has 3 nitrogen and oxygen atoms in total. The highest BCUT2D eigenvalue weighted by Crippen LogP contribution is 2.29. The Bertz CT molecular complexity index is 516. The van der Waals surface area contributed by atoms with Crippen molar-refractivity contribution in [3.05, 3.63) is 24.3 Å². The molecular weight excluding hydrogens is 242 g/mol. The number of nitrogens with zero attached hydrogens (tertiary/aromatic N) is 2. The van der Waals surface area contributed by atoms with Crippen LogP contribution in [-0.4, -0.2) is 31.1 Å². The molecule has 1 aromatic carbocycles. The lowest BCUT2D eigenvalue weighted by molar-refractivity contribution is 0.381. The van der Waals surface area contributed by atoms with Gasteiger partial charge in [-0.3, -0.25) is 0 Å². The van der Waals surface area contributed by atoms with Crippen LogP contribution in [0.5, 0.6) is 0 Å². The molecule has 0 bridgehead atoms. The average molecular weight is 261 g/mol. The number of aromatic nitrogens is 1. The minimum absolute atomic E-state index is 0.754. The normalized spacial score (nSPS) is 20.2. The Morgan fingerprint density at radius 2 is 2.33 bits per heavy atom. The molecule has 96 valence electrons. The molecule has 2 heterocycles. The molecule has 1 aliphatic rings. The summed E-state index contributed by atoms with van der Waals surface area (Å²) < 4.78 is 5.89. The van der Waals surface area contributed by atoms with Gasteiger partial charge in [-0.25, -0.2) is 0 Å². The predicted molar refractivity (Wildman–Crippen MR) is 78.5 cm³/mol. The maximum absolute atomic E-state index is 4.61. The molecule has 0 aliphatic carbocycles. The summed E-state index contributed by atoms with van der Waals surface area (Å²) in [7, 11) is 2.16. The van der Waals surface area contributed by atoms with Gasteiger partial charge in [-0.1, -0.05) is 12.1 Å². The molecule has 0 saturated carbocycles. The van der Waals surface area contributed by atoms with Gasteiger partial charge in [0, 0.05) is 19.0 Å². The lowest BCUT2D eigenvalue weighted by atomic mass is 9.99. The van der Waals surface area contributed by atoms with Gasteiger partial charge in [-0.2, -0.15) is 4.37 Å². The van der Waals surface area contributed by atoms with E-state index in [-0.39, 0.29) is 0 Å². The predicted octanol–water partition coefficient (Wildman–Crippen LogP) is 2.73. The van der Waals surface area contributed by atoms with Gasteiger partial charge < -0.3 is 10.2 Å². The maximum atomic E-state index is 4.61. The van der Waals surface area contributed by atoms with Crippen LogP contribution in [0.3, 0.4) is 0 Å². The third-order valence-corrected chi connectivity index (χ3v) is 4.47. The Labute approximate surface area is 112 Å². The number of fused-ring (bicyclic) bond motifs is 1. The van der Waals surface area contributed by atoms with Crippen LogP contribution >= 0.6 is 11.5 Å². The van der Waals surface area contributed by atoms with Crippen molar-refractivity contribution in [1.82, 2.24) is 9.69 Å². The average Bonchev–Trinajstić information content (AvgIpc) is 2.84. The van der Waals surface area contributed by atoms with E-state index in [2.05, 4.69) is 45.9 Å². The van der Waals surface area contributed by atoms with Gasteiger partial charge in [0.25, 0.3) is 0 Å². The molecule has 0 spiro atoms. The van der Waals surface area contributed by atoms with Crippen molar-refractivity contribution in [3.63, 3.8) is 0 Å². The summed E-state index contributed by atoms with van der Waals surface area (Å²) in [6, 6.07) is 8.49. The number of hydrogen-bond acceptors (Lipinski definition) is 4. The fraction of sp³-hybridized carbons (Fsp3) is 0.500. The van der Waals surface area contributed by atoms with Gasteiger partial charge in [0.15, 0.2) is 0 Å². The minimum atomic E-state index is 0.754. The first kappa shape index (κ1) is 11.9. The van der Waals surface area contributed by atoms with E-state index in [1.165, 1.54) is 29.5 Å². The van der Waals surface area contributed by atoms with Crippen molar-refractivity contribution < 1.29 is 0 Å². The van der Waals surface area contributed by atoms with Crippen LogP contribution in [0.4, 0.5) is 5.82 Å². The second-order valence-electron chi connectivity index (χ2n) is 5.10. The molecule has 4 heteroatoms. The number of benzene rings is 1. The van der Waals surface area contributed by atoms with Crippen molar-refractivity contribution in [1.29, 1.82) is 0 Å². The Morgan fingerprint density at radius 3 is 3.17 bits per heavy atom. The van der Waals surface area contributed by atoms with Gasteiger partial charge >= 0.3 is 0 Å². The van der Waals surface area contributed by atoms with Crippen molar-refractivity contribution in [3.8, 4) is 0 Å². The zero-order valence-corrected chi connectivity index (χ0v) is 11.5. The quantitative estimate of drug-likeness (QED) is 0.921. The number of rotatable bonds is 3. The van der Waals surface area contributed by atoms with Crippen LogP contribution in [0.2, 0.25) is 0 Å². The van der Waals surface area contributed by atoms with E-state index in [0.717, 1.165) is 24.8 Å². The topological polar surface area (TPSA) is 28.2 Å². The second-order valence-corrected chi connectivity index (χ2v) is 5.90. The standard InChI is InChI=1S/C14H19N3S/c1-17(10-11-5-4-8-15-9-11)14-12-6-2-3-7-13(12)18-16-14/h2-3,6-7,11,15H,4-5,8-10H2,1H3/t11-/m1/s1. The molecule has 1 saturated heterocycles. The number of hydrogen-bond donors (Lipinski definition) is 1. The van der Waals surface area contributed by atoms with Crippen molar-refractivity contribution in [2.75, 3.05) is 31.6 Å². The fourth-order valence-electron chi connectivity index (χ4n) is 2.70. The largest absolute Gasteiger partial charge is 0.358 e. The van der Waals surface area contributed by atoms with Crippen LogP contribution in [-0.2, 0) is 0 Å². The first-order valence-electron chi connectivity index (χ1n) is 6.61. The highest BCUT2D eigenvalue weighted by molar-refractivity contribution is 7.13. The first-order valence-corrected chi connectivity index (χ1v) is 7.38. The van der Waals surface area contributed by atoms with Crippen LogP contribution in [0.25, 0.3) is 10.1 Å². The van der Waals surface area contributed by atoms with Crippen molar-refractivity contribution in [2.45, 2.75) is 12.8 Å². The van der Waals surface area contributed by atoms with Gasteiger partial charge in [0.1, 0.15) is 5.82 Å². The third kappa shape index (κ3) is 2.35. The summed E-state index contributed by atoms with van der Waals surface area (Å²) in [5.41, 5.74) is 0. The highest BCUT2D eigenvalue weighted by Gasteiger charge is 2.17. The molecule has 2 aromatic rings. The molecule has 3 rings (SSSR count). The third-order valence-electron chi connectivity index (χ3n) is 3.65. The molecule has 1 N–H and O–H groups in total. The number of piperidine rings is 1. The van der Waals surface area contributed by atoms with Crippen molar-refractivity contribution >= 4 is 27.4 Å². The van der Waals surface area contributed by atoms with Crippen LogP contribution < -0.4 is 10.2 Å². The van der Waals surface area contributed by atoms with Gasteiger partial charge in [0.05, 0.1) is 4.70 Å². The Morgan fingerprint density at radius 1 is 1.44 bits per heavy atom. The molecule has 0 amide bonds. The zero-order chi connectivity index (χ0) is 12.4.